The topological polar surface area (TPSA) is 57.5 Å². The third-order valence-electron chi connectivity index (χ3n) is 2.13. The summed E-state index contributed by atoms with van der Waals surface area (Å²) in [6.07, 6.45) is 0.574. The Balaban J connectivity index is 2.67. The van der Waals surface area contributed by atoms with Crippen LogP contribution in [0.5, 0.6) is 0 Å². The van der Waals surface area contributed by atoms with E-state index in [2.05, 4.69) is 15.9 Å². The zero-order valence-electron chi connectivity index (χ0n) is 8.19. The maximum atomic E-state index is 10.5. The van der Waals surface area contributed by atoms with Gasteiger partial charge < -0.3 is 10.2 Å². The van der Waals surface area contributed by atoms with Crippen molar-refractivity contribution >= 4 is 21.9 Å². The molecule has 0 aliphatic heterocycles. The number of aliphatic hydroxyl groups excluding tert-OH is 1. The van der Waals surface area contributed by atoms with Crippen molar-refractivity contribution in [2.75, 3.05) is 5.33 Å². The lowest BCUT2D eigenvalue weighted by Gasteiger charge is -2.06. The molecule has 3 nitrogen and oxygen atoms in total. The number of aliphatic hydroxyl groups is 1. The van der Waals surface area contributed by atoms with Crippen molar-refractivity contribution in [1.29, 1.82) is 0 Å². The second-order valence-corrected chi connectivity index (χ2v) is 4.07. The van der Waals surface area contributed by atoms with E-state index in [9.17, 15) is 9.90 Å². The second kappa shape index (κ2) is 5.88. The van der Waals surface area contributed by atoms with Crippen LogP contribution in [0.1, 0.15) is 23.7 Å². The molecule has 0 saturated heterocycles. The monoisotopic (exact) mass is 272 g/mol. The third-order valence-corrected chi connectivity index (χ3v) is 2.69. The third kappa shape index (κ3) is 3.64. The van der Waals surface area contributed by atoms with Crippen LogP contribution in [0.15, 0.2) is 24.3 Å². The fraction of sp³-hybridized carbons (Fsp3) is 0.364. The first-order chi connectivity index (χ1) is 7.15. The van der Waals surface area contributed by atoms with Crippen molar-refractivity contribution in [3.8, 4) is 0 Å². The first kappa shape index (κ1) is 12.2. The molecule has 0 radical (unpaired) electrons. The largest absolute Gasteiger partial charge is 0.479 e. The van der Waals surface area contributed by atoms with E-state index in [0.29, 0.717) is 5.56 Å². The normalized spacial score (nSPS) is 12.4. The van der Waals surface area contributed by atoms with Gasteiger partial charge >= 0.3 is 5.97 Å². The average molecular weight is 273 g/mol. The highest BCUT2D eigenvalue weighted by Crippen LogP contribution is 2.14. The van der Waals surface area contributed by atoms with Crippen molar-refractivity contribution in [1.82, 2.24) is 0 Å². The van der Waals surface area contributed by atoms with Crippen LogP contribution in [0.25, 0.3) is 0 Å². The molecule has 4 heteroatoms. The Bertz CT molecular complexity index is 321. The van der Waals surface area contributed by atoms with Gasteiger partial charge in [-0.25, -0.2) is 4.79 Å². The summed E-state index contributed by atoms with van der Waals surface area (Å²) in [7, 11) is 0. The highest BCUT2D eigenvalue weighted by molar-refractivity contribution is 9.09. The van der Waals surface area contributed by atoms with Gasteiger partial charge in [0.25, 0.3) is 0 Å². The van der Waals surface area contributed by atoms with E-state index in [0.717, 1.165) is 23.7 Å². The highest BCUT2D eigenvalue weighted by atomic mass is 79.9. The molecule has 0 aromatic heterocycles. The highest BCUT2D eigenvalue weighted by Gasteiger charge is 2.14. The number of rotatable bonds is 5. The predicted molar refractivity (Wildman–Crippen MR) is 61.2 cm³/mol. The Morgan fingerprint density at radius 2 is 1.93 bits per heavy atom. The molecular formula is C11H13BrO3. The van der Waals surface area contributed by atoms with E-state index >= 15 is 0 Å². The van der Waals surface area contributed by atoms with Crippen molar-refractivity contribution < 1.29 is 15.0 Å². The van der Waals surface area contributed by atoms with Crippen LogP contribution in [0.3, 0.4) is 0 Å². The fourth-order valence-electron chi connectivity index (χ4n) is 1.28. The van der Waals surface area contributed by atoms with Gasteiger partial charge in [0.15, 0.2) is 6.10 Å². The molecule has 15 heavy (non-hydrogen) atoms. The molecule has 0 spiro atoms. The number of benzene rings is 1. The lowest BCUT2D eigenvalue weighted by atomic mass is 10.0. The molecular weight excluding hydrogens is 260 g/mol. The summed E-state index contributed by atoms with van der Waals surface area (Å²) in [4.78, 5) is 10.5. The fourth-order valence-corrected chi connectivity index (χ4v) is 1.56. The maximum absolute atomic E-state index is 10.5. The zero-order chi connectivity index (χ0) is 11.3. The molecule has 1 atom stereocenters. The Hall–Kier alpha value is -0.870. The van der Waals surface area contributed by atoms with Crippen molar-refractivity contribution in [2.24, 2.45) is 0 Å². The molecule has 0 fully saturated rings. The van der Waals surface area contributed by atoms with Crippen LogP contribution in [0, 0.1) is 0 Å². The number of aryl methyl sites for hydroxylation is 1. The standard InChI is InChI=1S/C11H13BrO3/c12-7-1-2-8-3-5-9(6-4-8)10(13)11(14)15/h3-6,10,13H,1-2,7H2,(H,14,15). The Labute approximate surface area is 96.9 Å². The van der Waals surface area contributed by atoms with Crippen LogP contribution < -0.4 is 0 Å². The number of aliphatic carboxylic acids is 1. The number of carboxylic acid groups (broad SMARTS) is 1. The summed E-state index contributed by atoms with van der Waals surface area (Å²) >= 11 is 3.35. The lowest BCUT2D eigenvalue weighted by Crippen LogP contribution is -2.10. The Kier molecular flexibility index (Phi) is 4.78. The van der Waals surface area contributed by atoms with Gasteiger partial charge in [-0.3, -0.25) is 0 Å². The SMILES string of the molecule is O=C(O)C(O)c1ccc(CCCBr)cc1. The molecule has 0 heterocycles. The average Bonchev–Trinajstić information content (AvgIpc) is 2.26. The quantitative estimate of drug-likeness (QED) is 0.808. The van der Waals surface area contributed by atoms with E-state index in [1.54, 1.807) is 12.1 Å². The molecule has 2 N–H and O–H groups in total. The van der Waals surface area contributed by atoms with Gasteiger partial charge in [0, 0.05) is 5.33 Å². The summed E-state index contributed by atoms with van der Waals surface area (Å²) in [5, 5.41) is 18.8. The van der Waals surface area contributed by atoms with Crippen LogP contribution in [0.4, 0.5) is 0 Å². The minimum Gasteiger partial charge on any atom is -0.479 e. The first-order valence-electron chi connectivity index (χ1n) is 4.71. The predicted octanol–water partition coefficient (Wildman–Crippen LogP) is 2.13. The molecule has 0 aliphatic rings. The van der Waals surface area contributed by atoms with Gasteiger partial charge in [-0.05, 0) is 24.0 Å². The number of alkyl halides is 1. The molecule has 0 bridgehead atoms. The van der Waals surface area contributed by atoms with Crippen LogP contribution in [0.2, 0.25) is 0 Å². The number of halogens is 1. The van der Waals surface area contributed by atoms with E-state index in [-0.39, 0.29) is 0 Å². The molecule has 1 aromatic rings. The van der Waals surface area contributed by atoms with Gasteiger partial charge in [-0.15, -0.1) is 0 Å². The summed E-state index contributed by atoms with van der Waals surface area (Å²) in [6.45, 7) is 0. The molecule has 0 aliphatic carbocycles. The summed E-state index contributed by atoms with van der Waals surface area (Å²) in [5.41, 5.74) is 1.57. The van der Waals surface area contributed by atoms with Gasteiger partial charge in [-0.2, -0.15) is 0 Å². The lowest BCUT2D eigenvalue weighted by molar-refractivity contribution is -0.146. The van der Waals surface area contributed by atoms with Crippen LogP contribution >= 0.6 is 15.9 Å². The molecule has 1 unspecified atom stereocenters. The van der Waals surface area contributed by atoms with Gasteiger partial charge in [-0.1, -0.05) is 40.2 Å². The van der Waals surface area contributed by atoms with Crippen LogP contribution in [-0.4, -0.2) is 21.5 Å². The minimum absolute atomic E-state index is 0.421. The van der Waals surface area contributed by atoms with Crippen molar-refractivity contribution in [2.45, 2.75) is 18.9 Å². The van der Waals surface area contributed by atoms with Gasteiger partial charge in [0.05, 0.1) is 0 Å². The van der Waals surface area contributed by atoms with E-state index < -0.39 is 12.1 Å². The Morgan fingerprint density at radius 3 is 2.40 bits per heavy atom. The molecule has 1 aromatic carbocycles. The summed E-state index contributed by atoms with van der Waals surface area (Å²) in [5.74, 6) is -1.22. The van der Waals surface area contributed by atoms with E-state index in [1.807, 2.05) is 12.1 Å². The van der Waals surface area contributed by atoms with Crippen molar-refractivity contribution in [3.63, 3.8) is 0 Å². The van der Waals surface area contributed by atoms with Gasteiger partial charge in [0.1, 0.15) is 0 Å². The number of carboxylic acids is 1. The van der Waals surface area contributed by atoms with Crippen molar-refractivity contribution in [3.05, 3.63) is 35.4 Å². The molecule has 1 rings (SSSR count). The number of hydrogen-bond acceptors (Lipinski definition) is 2. The van der Waals surface area contributed by atoms with Gasteiger partial charge in [0.2, 0.25) is 0 Å². The summed E-state index contributed by atoms with van der Waals surface area (Å²) in [6, 6.07) is 7.01. The molecule has 82 valence electrons. The number of hydrogen-bond donors (Lipinski definition) is 2. The number of carbonyl (C=O) groups is 1. The Morgan fingerprint density at radius 1 is 1.33 bits per heavy atom. The zero-order valence-corrected chi connectivity index (χ0v) is 9.77. The molecule has 0 saturated carbocycles. The van der Waals surface area contributed by atoms with E-state index in [1.165, 1.54) is 0 Å². The second-order valence-electron chi connectivity index (χ2n) is 3.27. The van der Waals surface area contributed by atoms with Crippen LogP contribution in [-0.2, 0) is 11.2 Å². The molecule has 0 amide bonds. The van der Waals surface area contributed by atoms with E-state index in [4.69, 9.17) is 5.11 Å². The maximum Gasteiger partial charge on any atom is 0.337 e. The summed E-state index contributed by atoms with van der Waals surface area (Å²) < 4.78 is 0. The minimum atomic E-state index is -1.42. The first-order valence-corrected chi connectivity index (χ1v) is 5.83. The smallest absolute Gasteiger partial charge is 0.337 e.